The van der Waals surface area contributed by atoms with Crippen molar-refractivity contribution in [2.75, 3.05) is 10.7 Å². The van der Waals surface area contributed by atoms with Crippen molar-refractivity contribution in [2.45, 2.75) is 0 Å². The molecule has 0 saturated heterocycles. The van der Waals surface area contributed by atoms with Gasteiger partial charge >= 0.3 is 0 Å². The van der Waals surface area contributed by atoms with E-state index in [4.69, 9.17) is 29.0 Å². The summed E-state index contributed by atoms with van der Waals surface area (Å²) in [6.07, 6.45) is 5.18. The SMILES string of the molecule is NNc1cn2ccnc2c(Nc2c(Cl)cccc2Cl)n1. The number of halogens is 2. The number of nitrogens with two attached hydrogens (primary N) is 1. The number of nitrogen functional groups attached to an aromatic ring is 1. The van der Waals surface area contributed by atoms with Crippen LogP contribution in [0, 0.1) is 0 Å². The van der Waals surface area contributed by atoms with Gasteiger partial charge in [0.15, 0.2) is 17.3 Å². The fourth-order valence-corrected chi connectivity index (χ4v) is 2.31. The van der Waals surface area contributed by atoms with E-state index in [0.29, 0.717) is 33.0 Å². The molecular weight excluding hydrogens is 299 g/mol. The van der Waals surface area contributed by atoms with Crippen LogP contribution in [0.1, 0.15) is 0 Å². The van der Waals surface area contributed by atoms with Gasteiger partial charge in [-0.1, -0.05) is 29.3 Å². The van der Waals surface area contributed by atoms with Crippen LogP contribution < -0.4 is 16.6 Å². The zero-order valence-corrected chi connectivity index (χ0v) is 11.7. The van der Waals surface area contributed by atoms with Crippen LogP contribution in [0.2, 0.25) is 10.0 Å². The highest BCUT2D eigenvalue weighted by Crippen LogP contribution is 2.33. The molecule has 3 rings (SSSR count). The number of nitrogens with one attached hydrogen (secondary N) is 2. The van der Waals surface area contributed by atoms with Crippen molar-refractivity contribution in [2.24, 2.45) is 5.84 Å². The Morgan fingerprint density at radius 1 is 1.20 bits per heavy atom. The largest absolute Gasteiger partial charge is 0.335 e. The highest BCUT2D eigenvalue weighted by atomic mass is 35.5. The lowest BCUT2D eigenvalue weighted by atomic mass is 10.3. The lowest BCUT2D eigenvalue weighted by Crippen LogP contribution is -2.11. The average molecular weight is 309 g/mol. The quantitative estimate of drug-likeness (QED) is 0.512. The molecule has 0 unspecified atom stereocenters. The molecule has 0 saturated carbocycles. The Bertz CT molecular complexity index is 749. The minimum atomic E-state index is 0.487. The third kappa shape index (κ3) is 2.24. The monoisotopic (exact) mass is 308 g/mol. The topological polar surface area (TPSA) is 80.3 Å². The number of benzene rings is 1. The van der Waals surface area contributed by atoms with Gasteiger partial charge in [-0.3, -0.25) is 0 Å². The Morgan fingerprint density at radius 2 is 1.95 bits per heavy atom. The van der Waals surface area contributed by atoms with Crippen molar-refractivity contribution >= 4 is 46.2 Å². The second kappa shape index (κ2) is 5.16. The van der Waals surface area contributed by atoms with E-state index in [-0.39, 0.29) is 0 Å². The number of hydrogen-bond donors (Lipinski definition) is 3. The standard InChI is InChI=1S/C12H10Cl2N6/c13-7-2-1-3-8(14)10(7)18-11-12-16-4-5-20(12)6-9(17-11)19-15/h1-6,19H,15H2,(H,17,18). The van der Waals surface area contributed by atoms with Crippen molar-refractivity contribution in [3.63, 3.8) is 0 Å². The molecule has 2 aromatic heterocycles. The first-order valence-electron chi connectivity index (χ1n) is 5.70. The number of para-hydroxylation sites is 1. The van der Waals surface area contributed by atoms with Gasteiger partial charge in [-0.15, -0.1) is 0 Å². The van der Waals surface area contributed by atoms with Crippen LogP contribution in [0.3, 0.4) is 0 Å². The van der Waals surface area contributed by atoms with Crippen molar-refractivity contribution in [1.82, 2.24) is 14.4 Å². The van der Waals surface area contributed by atoms with Crippen LogP contribution >= 0.6 is 23.2 Å². The molecule has 8 heteroatoms. The van der Waals surface area contributed by atoms with Gasteiger partial charge in [-0.25, -0.2) is 15.8 Å². The summed E-state index contributed by atoms with van der Waals surface area (Å²) in [5, 5.41) is 4.08. The van der Waals surface area contributed by atoms with E-state index in [1.54, 1.807) is 41.2 Å². The summed E-state index contributed by atoms with van der Waals surface area (Å²) in [6.45, 7) is 0. The van der Waals surface area contributed by atoms with Crippen molar-refractivity contribution < 1.29 is 0 Å². The molecule has 0 bridgehead atoms. The molecule has 0 spiro atoms. The van der Waals surface area contributed by atoms with Gasteiger partial charge in [-0.2, -0.15) is 0 Å². The van der Waals surface area contributed by atoms with Gasteiger partial charge in [0.2, 0.25) is 0 Å². The Hall–Kier alpha value is -2.02. The summed E-state index contributed by atoms with van der Waals surface area (Å²) < 4.78 is 1.79. The Labute approximate surface area is 124 Å². The maximum atomic E-state index is 6.14. The minimum Gasteiger partial charge on any atom is -0.335 e. The molecule has 0 aliphatic rings. The zero-order valence-electron chi connectivity index (χ0n) is 10.1. The third-order valence-electron chi connectivity index (χ3n) is 2.73. The van der Waals surface area contributed by atoms with E-state index in [9.17, 15) is 0 Å². The average Bonchev–Trinajstić information content (AvgIpc) is 2.91. The predicted molar refractivity (Wildman–Crippen MR) is 80.5 cm³/mol. The molecule has 0 aliphatic carbocycles. The van der Waals surface area contributed by atoms with Crippen LogP contribution in [0.25, 0.3) is 5.65 Å². The third-order valence-corrected chi connectivity index (χ3v) is 3.36. The maximum Gasteiger partial charge on any atom is 0.180 e. The van der Waals surface area contributed by atoms with E-state index < -0.39 is 0 Å². The van der Waals surface area contributed by atoms with Gasteiger partial charge in [-0.05, 0) is 12.1 Å². The molecule has 0 aliphatic heterocycles. The molecule has 102 valence electrons. The number of aromatic nitrogens is 3. The lowest BCUT2D eigenvalue weighted by Gasteiger charge is -2.11. The number of hydrazine groups is 1. The second-order valence-corrected chi connectivity index (χ2v) is 4.81. The fourth-order valence-electron chi connectivity index (χ4n) is 1.82. The van der Waals surface area contributed by atoms with Crippen LogP contribution in [0.4, 0.5) is 17.3 Å². The molecule has 20 heavy (non-hydrogen) atoms. The first-order chi connectivity index (χ1) is 9.69. The van der Waals surface area contributed by atoms with Gasteiger partial charge in [0.1, 0.15) is 0 Å². The van der Waals surface area contributed by atoms with E-state index in [1.165, 1.54) is 0 Å². The van der Waals surface area contributed by atoms with Crippen LogP contribution in [-0.2, 0) is 0 Å². The molecule has 1 aromatic carbocycles. The molecule has 0 fully saturated rings. The van der Waals surface area contributed by atoms with Gasteiger partial charge in [0.05, 0.1) is 21.9 Å². The van der Waals surface area contributed by atoms with Gasteiger partial charge < -0.3 is 15.1 Å². The normalized spacial score (nSPS) is 10.8. The summed E-state index contributed by atoms with van der Waals surface area (Å²) in [6, 6.07) is 5.25. The number of rotatable bonds is 3. The van der Waals surface area contributed by atoms with Crippen LogP contribution in [-0.4, -0.2) is 14.4 Å². The van der Waals surface area contributed by atoms with Crippen molar-refractivity contribution in [1.29, 1.82) is 0 Å². The zero-order chi connectivity index (χ0) is 14.1. The Balaban J connectivity index is 2.12. The molecule has 0 amide bonds. The van der Waals surface area contributed by atoms with Crippen molar-refractivity contribution in [3.05, 3.63) is 46.8 Å². The van der Waals surface area contributed by atoms with E-state index >= 15 is 0 Å². The molecule has 6 nitrogen and oxygen atoms in total. The number of nitrogens with zero attached hydrogens (tertiary/aromatic N) is 3. The first-order valence-corrected chi connectivity index (χ1v) is 6.46. The van der Waals surface area contributed by atoms with Crippen LogP contribution in [0.15, 0.2) is 36.8 Å². The number of anilines is 3. The Morgan fingerprint density at radius 3 is 2.65 bits per heavy atom. The predicted octanol–water partition coefficient (Wildman–Crippen LogP) is 3.07. The van der Waals surface area contributed by atoms with Crippen molar-refractivity contribution in [3.8, 4) is 0 Å². The van der Waals surface area contributed by atoms with E-state index in [2.05, 4.69) is 20.7 Å². The number of imidazole rings is 1. The minimum absolute atomic E-state index is 0.487. The Kier molecular flexibility index (Phi) is 3.35. The van der Waals surface area contributed by atoms with Gasteiger partial charge in [0.25, 0.3) is 0 Å². The smallest absolute Gasteiger partial charge is 0.180 e. The highest BCUT2D eigenvalue weighted by molar-refractivity contribution is 6.39. The van der Waals surface area contributed by atoms with Gasteiger partial charge in [0, 0.05) is 12.4 Å². The summed E-state index contributed by atoms with van der Waals surface area (Å²) in [7, 11) is 0. The molecular formula is C12H10Cl2N6. The summed E-state index contributed by atoms with van der Waals surface area (Å²) in [5.41, 5.74) is 3.71. The summed E-state index contributed by atoms with van der Waals surface area (Å²) in [5.74, 6) is 6.39. The lowest BCUT2D eigenvalue weighted by molar-refractivity contribution is 1.11. The van der Waals surface area contributed by atoms with E-state index in [1.807, 2.05) is 0 Å². The summed E-state index contributed by atoms with van der Waals surface area (Å²) in [4.78, 5) is 8.55. The molecule has 0 atom stereocenters. The molecule has 4 N–H and O–H groups in total. The summed E-state index contributed by atoms with van der Waals surface area (Å²) >= 11 is 12.3. The highest BCUT2D eigenvalue weighted by Gasteiger charge is 2.11. The molecule has 2 heterocycles. The number of fused-ring (bicyclic) bond motifs is 1. The van der Waals surface area contributed by atoms with E-state index in [0.717, 1.165) is 0 Å². The maximum absolute atomic E-state index is 6.14. The second-order valence-electron chi connectivity index (χ2n) is 4.00. The van der Waals surface area contributed by atoms with Crippen LogP contribution in [0.5, 0.6) is 0 Å². The number of hydrogen-bond acceptors (Lipinski definition) is 5. The fraction of sp³-hybridized carbons (Fsp3) is 0. The first kappa shape index (κ1) is 13.0. The molecule has 3 aromatic rings. The molecule has 0 radical (unpaired) electrons.